The zero-order valence-electron chi connectivity index (χ0n) is 18.7. The summed E-state index contributed by atoms with van der Waals surface area (Å²) in [6, 6.07) is 15.3. The molecule has 0 saturated heterocycles. The number of carboxylic acids is 1. The molecule has 0 heterocycles. The Hall–Kier alpha value is -3.35. The van der Waals surface area contributed by atoms with Gasteiger partial charge in [0.2, 0.25) is 5.91 Å². The second-order valence-electron chi connectivity index (χ2n) is 8.35. The first-order valence-corrected chi connectivity index (χ1v) is 11.0. The third-order valence-electron chi connectivity index (χ3n) is 5.68. The number of amides is 2. The summed E-state index contributed by atoms with van der Waals surface area (Å²) in [7, 11) is 0. The number of nitrogens with zero attached hydrogens (tertiary/aromatic N) is 1. The molecule has 7 nitrogen and oxygen atoms in total. The van der Waals surface area contributed by atoms with Crippen LogP contribution in [0.1, 0.15) is 44.2 Å². The number of hydrogen-bond acceptors (Lipinski definition) is 4. The van der Waals surface area contributed by atoms with Crippen LogP contribution in [0.25, 0.3) is 11.1 Å². The van der Waals surface area contributed by atoms with Crippen LogP contribution in [0.15, 0.2) is 48.5 Å². The van der Waals surface area contributed by atoms with Gasteiger partial charge in [-0.25, -0.2) is 4.79 Å². The molecule has 0 fully saturated rings. The lowest BCUT2D eigenvalue weighted by atomic mass is 9.98. The maximum Gasteiger partial charge on any atom is 0.407 e. The molecule has 0 aliphatic heterocycles. The van der Waals surface area contributed by atoms with E-state index in [2.05, 4.69) is 17.4 Å². The fraction of sp³-hybridized carbons (Fsp3) is 0.400. The van der Waals surface area contributed by atoms with Crippen molar-refractivity contribution in [1.82, 2.24) is 10.2 Å². The fourth-order valence-corrected chi connectivity index (χ4v) is 4.18. The summed E-state index contributed by atoms with van der Waals surface area (Å²) in [6.45, 7) is 5.52. The lowest BCUT2D eigenvalue weighted by molar-refractivity contribution is -0.145. The molecule has 170 valence electrons. The molecule has 2 aromatic rings. The molecule has 0 aromatic heterocycles. The Bertz CT molecular complexity index is 942. The normalized spacial score (nSPS) is 13.2. The highest BCUT2D eigenvalue weighted by molar-refractivity contribution is 5.88. The molecule has 0 unspecified atom stereocenters. The topological polar surface area (TPSA) is 95.9 Å². The number of carboxylic acid groups (broad SMARTS) is 1. The average Bonchev–Trinajstić information content (AvgIpc) is 3.08. The van der Waals surface area contributed by atoms with E-state index in [0.717, 1.165) is 22.3 Å². The maximum absolute atomic E-state index is 12.9. The van der Waals surface area contributed by atoms with Crippen LogP contribution in [0, 0.1) is 5.92 Å². The van der Waals surface area contributed by atoms with Crippen LogP contribution in [0.3, 0.4) is 0 Å². The van der Waals surface area contributed by atoms with Crippen molar-refractivity contribution in [3.8, 4) is 11.1 Å². The summed E-state index contributed by atoms with van der Waals surface area (Å²) in [6.07, 6.45) is -0.0694. The van der Waals surface area contributed by atoms with Crippen LogP contribution in [0.5, 0.6) is 0 Å². The zero-order chi connectivity index (χ0) is 23.3. The highest BCUT2D eigenvalue weighted by atomic mass is 16.5. The molecule has 1 aliphatic carbocycles. The van der Waals surface area contributed by atoms with E-state index in [0.29, 0.717) is 13.0 Å². The Kier molecular flexibility index (Phi) is 7.51. The standard InChI is InChI=1S/C25H30N2O5/c1-4-13-27(14-22(28)29)24(30)23(16(2)3)26-25(31)32-15-21-19-11-7-5-9-17(19)18-10-6-8-12-20(18)21/h5-12,16,21,23H,4,13-15H2,1-3H3,(H,26,31)(H,28,29)/t23-/m0/s1. The van der Waals surface area contributed by atoms with Gasteiger partial charge in [0.25, 0.3) is 0 Å². The Labute approximate surface area is 188 Å². The van der Waals surface area contributed by atoms with Crippen LogP contribution in [-0.2, 0) is 14.3 Å². The van der Waals surface area contributed by atoms with E-state index in [-0.39, 0.29) is 18.4 Å². The Morgan fingerprint density at radius 2 is 1.59 bits per heavy atom. The van der Waals surface area contributed by atoms with Gasteiger partial charge in [-0.15, -0.1) is 0 Å². The minimum absolute atomic E-state index is 0.0787. The number of carbonyl (C=O) groups excluding carboxylic acids is 2. The summed E-state index contributed by atoms with van der Waals surface area (Å²) in [5.74, 6) is -1.81. The molecule has 0 spiro atoms. The van der Waals surface area contributed by atoms with Crippen LogP contribution < -0.4 is 5.32 Å². The summed E-state index contributed by atoms with van der Waals surface area (Å²) in [5.41, 5.74) is 4.48. The summed E-state index contributed by atoms with van der Waals surface area (Å²) >= 11 is 0. The number of rotatable bonds is 9. The first-order chi connectivity index (χ1) is 15.3. The SMILES string of the molecule is CCCN(CC(=O)O)C(=O)[C@@H](NC(=O)OCC1c2ccccc2-c2ccccc21)C(C)C. The number of hydrogen-bond donors (Lipinski definition) is 2. The number of ether oxygens (including phenoxy) is 1. The van der Waals surface area contributed by atoms with Crippen molar-refractivity contribution in [2.75, 3.05) is 19.7 Å². The first kappa shape index (κ1) is 23.3. The zero-order valence-corrected chi connectivity index (χ0v) is 18.7. The summed E-state index contributed by atoms with van der Waals surface area (Å²) in [4.78, 5) is 38.0. The van der Waals surface area contributed by atoms with Gasteiger partial charge in [-0.3, -0.25) is 9.59 Å². The Morgan fingerprint density at radius 1 is 1.03 bits per heavy atom. The molecule has 2 aromatic carbocycles. The van der Waals surface area contributed by atoms with Gasteiger partial charge in [0.05, 0.1) is 0 Å². The number of nitrogens with one attached hydrogen (secondary N) is 1. The van der Waals surface area contributed by atoms with E-state index in [9.17, 15) is 14.4 Å². The van der Waals surface area contributed by atoms with Gasteiger partial charge in [-0.1, -0.05) is 69.3 Å². The Morgan fingerprint density at radius 3 is 2.09 bits per heavy atom. The van der Waals surface area contributed by atoms with E-state index in [1.807, 2.05) is 43.3 Å². The van der Waals surface area contributed by atoms with Gasteiger partial charge < -0.3 is 20.1 Å². The molecule has 1 atom stereocenters. The van der Waals surface area contributed by atoms with Crippen molar-refractivity contribution in [3.63, 3.8) is 0 Å². The average molecular weight is 439 g/mol. The van der Waals surface area contributed by atoms with E-state index in [1.165, 1.54) is 4.90 Å². The number of benzene rings is 2. The van der Waals surface area contributed by atoms with Gasteiger partial charge in [-0.2, -0.15) is 0 Å². The van der Waals surface area contributed by atoms with E-state index >= 15 is 0 Å². The van der Waals surface area contributed by atoms with E-state index in [4.69, 9.17) is 9.84 Å². The maximum atomic E-state index is 12.9. The molecule has 2 amide bonds. The molecule has 0 radical (unpaired) electrons. The van der Waals surface area contributed by atoms with Gasteiger partial charge in [0.1, 0.15) is 19.2 Å². The van der Waals surface area contributed by atoms with Gasteiger partial charge in [0, 0.05) is 12.5 Å². The highest BCUT2D eigenvalue weighted by Crippen LogP contribution is 2.44. The first-order valence-electron chi connectivity index (χ1n) is 11.0. The van der Waals surface area contributed by atoms with E-state index in [1.54, 1.807) is 13.8 Å². The quantitative estimate of drug-likeness (QED) is 0.620. The monoisotopic (exact) mass is 438 g/mol. The van der Waals surface area contributed by atoms with Crippen molar-refractivity contribution < 1.29 is 24.2 Å². The molecule has 32 heavy (non-hydrogen) atoms. The second kappa shape index (κ2) is 10.3. The summed E-state index contributed by atoms with van der Waals surface area (Å²) in [5, 5.41) is 11.8. The van der Waals surface area contributed by atoms with Crippen molar-refractivity contribution in [2.45, 2.75) is 39.2 Å². The third kappa shape index (κ3) is 5.10. The molecular formula is C25H30N2O5. The van der Waals surface area contributed by atoms with Crippen molar-refractivity contribution in [1.29, 1.82) is 0 Å². The summed E-state index contributed by atoms with van der Waals surface area (Å²) < 4.78 is 5.55. The van der Waals surface area contributed by atoms with E-state index < -0.39 is 30.6 Å². The smallest absolute Gasteiger partial charge is 0.407 e. The van der Waals surface area contributed by atoms with Crippen molar-refractivity contribution in [2.24, 2.45) is 5.92 Å². The number of alkyl carbamates (subject to hydrolysis) is 1. The molecule has 3 rings (SSSR count). The predicted molar refractivity (Wildman–Crippen MR) is 121 cm³/mol. The molecule has 2 N–H and O–H groups in total. The lowest BCUT2D eigenvalue weighted by Gasteiger charge is -2.28. The molecule has 0 saturated carbocycles. The van der Waals surface area contributed by atoms with Crippen LogP contribution in [-0.4, -0.2) is 53.7 Å². The number of carbonyl (C=O) groups is 3. The number of fused-ring (bicyclic) bond motifs is 3. The highest BCUT2D eigenvalue weighted by Gasteiger charge is 2.32. The fourth-order valence-electron chi connectivity index (χ4n) is 4.18. The molecule has 1 aliphatic rings. The van der Waals surface area contributed by atoms with Gasteiger partial charge >= 0.3 is 12.1 Å². The minimum Gasteiger partial charge on any atom is -0.480 e. The minimum atomic E-state index is -1.09. The number of aliphatic carboxylic acids is 1. The van der Waals surface area contributed by atoms with Gasteiger partial charge in [0.15, 0.2) is 0 Å². The van der Waals surface area contributed by atoms with Crippen molar-refractivity contribution >= 4 is 18.0 Å². The van der Waals surface area contributed by atoms with Crippen LogP contribution in [0.4, 0.5) is 4.79 Å². The second-order valence-corrected chi connectivity index (χ2v) is 8.35. The molecule has 7 heteroatoms. The van der Waals surface area contributed by atoms with Gasteiger partial charge in [-0.05, 0) is 34.6 Å². The Balaban J connectivity index is 1.69. The molecule has 0 bridgehead atoms. The lowest BCUT2D eigenvalue weighted by Crippen LogP contribution is -2.52. The molecular weight excluding hydrogens is 408 g/mol. The largest absolute Gasteiger partial charge is 0.480 e. The van der Waals surface area contributed by atoms with Crippen LogP contribution >= 0.6 is 0 Å². The van der Waals surface area contributed by atoms with Crippen LogP contribution in [0.2, 0.25) is 0 Å². The third-order valence-corrected chi connectivity index (χ3v) is 5.68. The predicted octanol–water partition coefficient (Wildman–Crippen LogP) is 3.87. The van der Waals surface area contributed by atoms with Crippen molar-refractivity contribution in [3.05, 3.63) is 59.7 Å².